The molecule has 2 atom stereocenters. The largest absolute Gasteiger partial charge is 0.472 e. The fourth-order valence-electron chi connectivity index (χ4n) is 12.5. The molecule has 0 radical (unpaired) electrons. The Balaban J connectivity index is 3.74. The lowest BCUT2D eigenvalue weighted by Crippen LogP contribution is -2.29. The lowest BCUT2D eigenvalue weighted by Gasteiger charge is -2.19. The molecule has 9 nitrogen and oxygen atoms in total. The van der Waals surface area contributed by atoms with Crippen molar-refractivity contribution < 1.29 is 37.6 Å². The van der Waals surface area contributed by atoms with Crippen molar-refractivity contribution in [3.8, 4) is 0 Å². The first kappa shape index (κ1) is 86.8. The van der Waals surface area contributed by atoms with Crippen LogP contribution in [0.15, 0.2) is 12.2 Å². The molecule has 88 heavy (non-hydrogen) atoms. The fourth-order valence-corrected chi connectivity index (χ4v) is 13.3. The van der Waals surface area contributed by atoms with Crippen LogP contribution in [0.5, 0.6) is 0 Å². The van der Waals surface area contributed by atoms with Gasteiger partial charge in [0.25, 0.3) is 0 Å². The van der Waals surface area contributed by atoms with Gasteiger partial charge in [-0.1, -0.05) is 405 Å². The topological polar surface area (TPSA) is 134 Å². The third-order valence-electron chi connectivity index (χ3n) is 18.4. The van der Waals surface area contributed by atoms with Crippen molar-refractivity contribution in [3.63, 3.8) is 0 Å². The summed E-state index contributed by atoms with van der Waals surface area (Å²) in [6.07, 6.45) is 92.2. The Morgan fingerprint density at radius 1 is 0.330 bits per heavy atom. The molecular weight excluding hydrogens is 1110 g/mol. The predicted octanol–water partition coefficient (Wildman–Crippen LogP) is 26.3. The number of allylic oxidation sites excluding steroid dienone is 2. The van der Waals surface area contributed by atoms with Crippen molar-refractivity contribution in [2.24, 2.45) is 5.73 Å². The highest BCUT2D eigenvalue weighted by Crippen LogP contribution is 2.43. The standard InChI is InChI=1S/C78H154NO8P/c1-3-5-7-9-11-13-15-17-19-21-23-25-27-29-31-33-35-37-38-39-41-43-45-47-49-51-53-55-57-59-61-63-65-67-69-71-78(81)87-76(75-86-88(82,83)85-73-72-79)74-84-77(80)70-68-66-64-62-60-58-56-54-52-50-48-46-44-42-40-36-34-32-30-28-26-24-22-20-18-16-14-12-10-8-6-4-2/h21,23,76H,3-20,22,24-75,79H2,1-2H3,(H,82,83)/b23-21-. The number of hydrogen-bond donors (Lipinski definition) is 2. The second-order valence-corrected chi connectivity index (χ2v) is 28.8. The quantitative estimate of drug-likeness (QED) is 0.0264. The van der Waals surface area contributed by atoms with E-state index in [2.05, 4.69) is 26.0 Å². The van der Waals surface area contributed by atoms with Crippen molar-refractivity contribution in [3.05, 3.63) is 12.2 Å². The summed E-state index contributed by atoms with van der Waals surface area (Å²) in [5.41, 5.74) is 5.41. The van der Waals surface area contributed by atoms with E-state index < -0.39 is 26.5 Å². The summed E-state index contributed by atoms with van der Waals surface area (Å²) in [5.74, 6) is -0.796. The molecule has 0 amide bonds. The number of esters is 2. The van der Waals surface area contributed by atoms with Crippen molar-refractivity contribution in [1.29, 1.82) is 0 Å². The summed E-state index contributed by atoms with van der Waals surface area (Å²) in [4.78, 5) is 35.4. The highest BCUT2D eigenvalue weighted by Gasteiger charge is 2.26. The van der Waals surface area contributed by atoms with Gasteiger partial charge in [-0.05, 0) is 38.5 Å². The molecule has 0 fully saturated rings. The van der Waals surface area contributed by atoms with Gasteiger partial charge in [-0.3, -0.25) is 18.6 Å². The summed E-state index contributed by atoms with van der Waals surface area (Å²) in [7, 11) is -4.39. The molecule has 0 saturated heterocycles. The monoisotopic (exact) mass is 1260 g/mol. The third kappa shape index (κ3) is 73.8. The first-order chi connectivity index (χ1) is 43.3. The molecule has 0 heterocycles. The van der Waals surface area contributed by atoms with Crippen molar-refractivity contribution in [1.82, 2.24) is 0 Å². The Kier molecular flexibility index (Phi) is 73.7. The normalized spacial score (nSPS) is 12.8. The van der Waals surface area contributed by atoms with E-state index >= 15 is 0 Å². The Labute approximate surface area is 549 Å². The second kappa shape index (κ2) is 74.8. The number of phosphoric acid groups is 1. The van der Waals surface area contributed by atoms with Gasteiger partial charge >= 0.3 is 19.8 Å². The molecule has 3 N–H and O–H groups in total. The maximum absolute atomic E-state index is 12.8. The zero-order valence-corrected chi connectivity index (χ0v) is 60.2. The Morgan fingerprint density at radius 2 is 0.557 bits per heavy atom. The summed E-state index contributed by atoms with van der Waals surface area (Å²) in [5, 5.41) is 0. The number of nitrogens with two attached hydrogens (primary N) is 1. The Hall–Kier alpha value is -1.25. The van der Waals surface area contributed by atoms with Gasteiger partial charge in [-0.2, -0.15) is 0 Å². The van der Waals surface area contributed by atoms with Gasteiger partial charge in [-0.15, -0.1) is 0 Å². The summed E-state index contributed by atoms with van der Waals surface area (Å²) in [6.45, 7) is 3.85. The van der Waals surface area contributed by atoms with Gasteiger partial charge in [0.05, 0.1) is 13.2 Å². The van der Waals surface area contributed by atoms with Crippen molar-refractivity contribution in [2.45, 2.75) is 450 Å². The van der Waals surface area contributed by atoms with Gasteiger partial charge in [-0.25, -0.2) is 4.57 Å². The highest BCUT2D eigenvalue weighted by molar-refractivity contribution is 7.47. The van der Waals surface area contributed by atoms with Gasteiger partial charge in [0.1, 0.15) is 6.61 Å². The van der Waals surface area contributed by atoms with E-state index in [9.17, 15) is 19.0 Å². The minimum Gasteiger partial charge on any atom is -0.462 e. The minimum atomic E-state index is -4.39. The maximum Gasteiger partial charge on any atom is 0.472 e. The van der Waals surface area contributed by atoms with Gasteiger partial charge < -0.3 is 20.1 Å². The maximum atomic E-state index is 12.8. The minimum absolute atomic E-state index is 0.0582. The number of carbonyl (C=O) groups is 2. The molecule has 0 aliphatic rings. The van der Waals surface area contributed by atoms with Crippen molar-refractivity contribution in [2.75, 3.05) is 26.4 Å². The van der Waals surface area contributed by atoms with Crippen LogP contribution in [0.25, 0.3) is 0 Å². The van der Waals surface area contributed by atoms with E-state index in [-0.39, 0.29) is 38.6 Å². The summed E-state index contributed by atoms with van der Waals surface area (Å²) >= 11 is 0. The van der Waals surface area contributed by atoms with Crippen LogP contribution in [0.3, 0.4) is 0 Å². The molecule has 0 rings (SSSR count). The van der Waals surface area contributed by atoms with E-state index in [4.69, 9.17) is 24.3 Å². The molecule has 0 bridgehead atoms. The molecule has 0 aliphatic heterocycles. The first-order valence-corrected chi connectivity index (χ1v) is 41.2. The fraction of sp³-hybridized carbons (Fsp3) is 0.949. The highest BCUT2D eigenvalue weighted by atomic mass is 31.2. The van der Waals surface area contributed by atoms with E-state index in [1.165, 1.54) is 379 Å². The zero-order valence-electron chi connectivity index (χ0n) is 59.3. The van der Waals surface area contributed by atoms with Gasteiger partial charge in [0.15, 0.2) is 6.10 Å². The lowest BCUT2D eigenvalue weighted by molar-refractivity contribution is -0.161. The van der Waals surface area contributed by atoms with Crippen LogP contribution in [0.1, 0.15) is 444 Å². The number of carbonyl (C=O) groups excluding carboxylic acids is 2. The first-order valence-electron chi connectivity index (χ1n) is 39.7. The lowest BCUT2D eigenvalue weighted by atomic mass is 10.0. The average molecular weight is 1270 g/mol. The second-order valence-electron chi connectivity index (χ2n) is 27.3. The van der Waals surface area contributed by atoms with Crippen LogP contribution in [-0.2, 0) is 32.7 Å². The third-order valence-corrected chi connectivity index (χ3v) is 19.4. The van der Waals surface area contributed by atoms with Crippen LogP contribution < -0.4 is 5.73 Å². The summed E-state index contributed by atoms with van der Waals surface area (Å²) < 4.78 is 33.3. The van der Waals surface area contributed by atoms with E-state index in [1.54, 1.807) is 0 Å². The Bertz CT molecular complexity index is 1450. The van der Waals surface area contributed by atoms with E-state index in [1.807, 2.05) is 0 Å². The predicted molar refractivity (Wildman–Crippen MR) is 381 cm³/mol. The van der Waals surface area contributed by atoms with Crippen molar-refractivity contribution >= 4 is 19.8 Å². The molecule has 0 spiro atoms. The zero-order chi connectivity index (χ0) is 63.7. The molecule has 524 valence electrons. The molecule has 0 aromatic heterocycles. The van der Waals surface area contributed by atoms with E-state index in [0.717, 1.165) is 32.1 Å². The molecular formula is C78H154NO8P. The molecule has 0 aliphatic carbocycles. The van der Waals surface area contributed by atoms with Crippen LogP contribution in [-0.4, -0.2) is 49.3 Å². The average Bonchev–Trinajstić information content (AvgIpc) is 3.62. The van der Waals surface area contributed by atoms with Gasteiger partial charge in [0, 0.05) is 19.4 Å². The SMILES string of the molecule is CCCCCCCCCC/C=C\CCCCCCCCCCCCCCCCCCCCCCCCCC(=O)OC(COC(=O)CCCCCCCCCCCCCCCCCCCCCCCCCCCCCCCCCC)COP(=O)(O)OCCN. The van der Waals surface area contributed by atoms with Crippen LogP contribution >= 0.6 is 7.82 Å². The van der Waals surface area contributed by atoms with E-state index in [0.29, 0.717) is 6.42 Å². The molecule has 0 aromatic carbocycles. The molecule has 0 saturated carbocycles. The number of ether oxygens (including phenoxy) is 2. The van der Waals surface area contributed by atoms with Crippen LogP contribution in [0.4, 0.5) is 0 Å². The molecule has 10 heteroatoms. The molecule has 2 unspecified atom stereocenters. The van der Waals surface area contributed by atoms with Crippen LogP contribution in [0.2, 0.25) is 0 Å². The van der Waals surface area contributed by atoms with Crippen LogP contribution in [0, 0.1) is 0 Å². The number of hydrogen-bond acceptors (Lipinski definition) is 8. The van der Waals surface area contributed by atoms with Gasteiger partial charge in [0.2, 0.25) is 0 Å². The Morgan fingerprint density at radius 3 is 0.807 bits per heavy atom. The number of phosphoric ester groups is 1. The summed E-state index contributed by atoms with van der Waals surface area (Å²) in [6, 6.07) is 0. The molecule has 0 aromatic rings. The number of unbranched alkanes of at least 4 members (excludes halogenated alkanes) is 62. The number of rotatable bonds is 77. The smallest absolute Gasteiger partial charge is 0.462 e.